The summed E-state index contributed by atoms with van der Waals surface area (Å²) >= 11 is 5.34. The summed E-state index contributed by atoms with van der Waals surface area (Å²) in [6.07, 6.45) is 4.78. The summed E-state index contributed by atoms with van der Waals surface area (Å²) < 4.78 is 12.7. The van der Waals surface area contributed by atoms with Gasteiger partial charge in [-0.2, -0.15) is 20.0 Å². The van der Waals surface area contributed by atoms with E-state index in [1.165, 1.54) is 11.3 Å². The zero-order chi connectivity index (χ0) is 18.1. The maximum Gasteiger partial charge on any atom is 0.216 e. The second kappa shape index (κ2) is 6.75. The van der Waals surface area contributed by atoms with Gasteiger partial charge in [0.2, 0.25) is 10.6 Å². The second-order valence-corrected chi connectivity index (χ2v) is 6.26. The van der Waals surface area contributed by atoms with Gasteiger partial charge in [0.25, 0.3) is 0 Å². The zero-order valence-corrected chi connectivity index (χ0v) is 15.3. The van der Waals surface area contributed by atoms with Crippen molar-refractivity contribution in [2.45, 2.75) is 19.3 Å². The highest BCUT2D eigenvalue weighted by molar-refractivity contribution is 7.71. The van der Waals surface area contributed by atoms with Gasteiger partial charge in [-0.1, -0.05) is 6.07 Å². The van der Waals surface area contributed by atoms with Crippen LogP contribution in [-0.4, -0.2) is 45.5 Å². The Morgan fingerprint density at radius 3 is 2.88 bits per heavy atom. The first-order chi connectivity index (χ1) is 12.7. The van der Waals surface area contributed by atoms with Gasteiger partial charge in [0.05, 0.1) is 20.4 Å². The Morgan fingerprint density at radius 2 is 2.08 bits per heavy atom. The predicted molar refractivity (Wildman–Crippen MR) is 99.6 cm³/mol. The van der Waals surface area contributed by atoms with Crippen LogP contribution >= 0.6 is 12.2 Å². The maximum atomic E-state index is 5.44. The molecule has 8 nitrogen and oxygen atoms in total. The van der Waals surface area contributed by atoms with Crippen LogP contribution in [0.3, 0.4) is 0 Å². The van der Waals surface area contributed by atoms with Crippen molar-refractivity contribution in [3.8, 4) is 23.0 Å². The van der Waals surface area contributed by atoms with Gasteiger partial charge in [0.15, 0.2) is 11.5 Å². The van der Waals surface area contributed by atoms with E-state index in [0.29, 0.717) is 22.1 Å². The molecule has 2 heterocycles. The summed E-state index contributed by atoms with van der Waals surface area (Å²) in [5.74, 6) is 1.83. The fourth-order valence-electron chi connectivity index (χ4n) is 3.19. The summed E-state index contributed by atoms with van der Waals surface area (Å²) in [4.78, 5) is 0. The van der Waals surface area contributed by atoms with Crippen LogP contribution < -0.4 is 9.47 Å². The van der Waals surface area contributed by atoms with E-state index in [1.54, 1.807) is 25.1 Å². The molecule has 4 rings (SSSR count). The van der Waals surface area contributed by atoms with Gasteiger partial charge in [0, 0.05) is 16.8 Å². The summed E-state index contributed by atoms with van der Waals surface area (Å²) in [5, 5.41) is 19.1. The Balaban J connectivity index is 1.75. The number of rotatable bonds is 5. The van der Waals surface area contributed by atoms with Gasteiger partial charge in [-0.05, 0) is 43.6 Å². The largest absolute Gasteiger partial charge is 0.493 e. The fraction of sp³-hybridized carbons (Fsp3) is 0.294. The Morgan fingerprint density at radius 1 is 1.19 bits per heavy atom. The number of nitrogens with zero attached hydrogens (tertiary/aromatic N) is 4. The highest BCUT2D eigenvalue weighted by Crippen LogP contribution is 2.31. The minimum Gasteiger partial charge on any atom is -0.493 e. The van der Waals surface area contributed by atoms with E-state index in [1.807, 2.05) is 18.2 Å². The minimum absolute atomic E-state index is 0.396. The number of para-hydroxylation sites is 1. The highest BCUT2D eigenvalue weighted by atomic mass is 32.1. The van der Waals surface area contributed by atoms with Crippen LogP contribution in [0.25, 0.3) is 11.5 Å². The number of hydrogen-bond donors (Lipinski definition) is 2. The molecule has 1 aliphatic rings. The number of aromatic amines is 2. The predicted octanol–water partition coefficient (Wildman–Crippen LogP) is 2.72. The molecule has 26 heavy (non-hydrogen) atoms. The number of methoxy groups -OCH3 is 2. The van der Waals surface area contributed by atoms with Gasteiger partial charge in [-0.25, -0.2) is 5.10 Å². The van der Waals surface area contributed by atoms with Gasteiger partial charge in [-0.15, -0.1) is 0 Å². The van der Waals surface area contributed by atoms with Crippen molar-refractivity contribution < 1.29 is 9.47 Å². The van der Waals surface area contributed by atoms with E-state index in [0.717, 1.165) is 30.5 Å². The molecule has 0 bridgehead atoms. The van der Waals surface area contributed by atoms with E-state index in [4.69, 9.17) is 21.7 Å². The van der Waals surface area contributed by atoms with Crippen LogP contribution in [-0.2, 0) is 12.8 Å². The Kier molecular flexibility index (Phi) is 4.29. The maximum absolute atomic E-state index is 5.44. The van der Waals surface area contributed by atoms with Crippen molar-refractivity contribution in [1.82, 2.24) is 25.1 Å². The first kappa shape index (κ1) is 16.5. The molecule has 0 atom stereocenters. The van der Waals surface area contributed by atoms with Crippen LogP contribution in [0, 0.1) is 4.77 Å². The lowest BCUT2D eigenvalue weighted by Crippen LogP contribution is -1.99. The van der Waals surface area contributed by atoms with E-state index < -0.39 is 0 Å². The van der Waals surface area contributed by atoms with Crippen molar-refractivity contribution in [3.05, 3.63) is 39.8 Å². The molecule has 0 spiro atoms. The molecule has 134 valence electrons. The third kappa shape index (κ3) is 2.70. The van der Waals surface area contributed by atoms with Crippen molar-refractivity contribution >= 4 is 18.4 Å². The molecule has 0 unspecified atom stereocenters. The molecule has 0 aliphatic heterocycles. The van der Waals surface area contributed by atoms with Crippen molar-refractivity contribution in [1.29, 1.82) is 0 Å². The standard InChI is InChI=1S/C17H18N6O2S/c1-24-13-8-3-5-10(15(13)25-2)9-18-23-16(21-22-17(23)26)14-11-6-4-7-12(11)19-20-14/h3,5,8-9H,4,6-7H2,1-2H3,(H,19,20)(H,22,26)/b18-9+. The molecule has 0 saturated heterocycles. The van der Waals surface area contributed by atoms with Crippen LogP contribution in [0.15, 0.2) is 23.3 Å². The van der Waals surface area contributed by atoms with Gasteiger partial charge in [-0.3, -0.25) is 5.10 Å². The first-order valence-electron chi connectivity index (χ1n) is 8.22. The van der Waals surface area contributed by atoms with Crippen molar-refractivity contribution in [2.24, 2.45) is 5.10 Å². The topological polar surface area (TPSA) is 93.1 Å². The van der Waals surface area contributed by atoms with E-state index in [9.17, 15) is 0 Å². The fourth-order valence-corrected chi connectivity index (χ4v) is 3.37. The third-order valence-electron chi connectivity index (χ3n) is 4.41. The normalized spacial score (nSPS) is 13.3. The number of aromatic nitrogens is 5. The molecule has 0 amide bonds. The lowest BCUT2D eigenvalue weighted by atomic mass is 10.2. The van der Waals surface area contributed by atoms with Gasteiger partial charge >= 0.3 is 0 Å². The van der Waals surface area contributed by atoms with Crippen LogP contribution in [0.5, 0.6) is 11.5 Å². The van der Waals surface area contributed by atoms with Crippen molar-refractivity contribution in [2.75, 3.05) is 14.2 Å². The average molecular weight is 370 g/mol. The zero-order valence-electron chi connectivity index (χ0n) is 14.4. The Labute approximate surface area is 154 Å². The van der Waals surface area contributed by atoms with Crippen LogP contribution in [0.4, 0.5) is 0 Å². The average Bonchev–Trinajstić information content (AvgIpc) is 3.35. The van der Waals surface area contributed by atoms with Crippen LogP contribution in [0.2, 0.25) is 0 Å². The van der Waals surface area contributed by atoms with E-state index in [-0.39, 0.29) is 0 Å². The number of aryl methyl sites for hydroxylation is 1. The number of benzene rings is 1. The monoisotopic (exact) mass is 370 g/mol. The summed E-state index contributed by atoms with van der Waals surface area (Å²) in [6, 6.07) is 5.59. The number of H-pyrrole nitrogens is 2. The number of fused-ring (bicyclic) bond motifs is 1. The van der Waals surface area contributed by atoms with Crippen molar-refractivity contribution in [3.63, 3.8) is 0 Å². The molecule has 3 aromatic rings. The molecule has 2 N–H and O–H groups in total. The molecular formula is C17H18N6O2S. The molecule has 0 fully saturated rings. The number of nitrogens with one attached hydrogen (secondary N) is 2. The van der Waals surface area contributed by atoms with E-state index in [2.05, 4.69) is 25.5 Å². The Bertz CT molecular complexity index is 1030. The minimum atomic E-state index is 0.396. The van der Waals surface area contributed by atoms with E-state index >= 15 is 0 Å². The SMILES string of the molecule is COc1cccc(/C=N/n2c(-c3n[nH]c4c3CCC4)n[nH]c2=S)c1OC. The van der Waals surface area contributed by atoms with Crippen LogP contribution in [0.1, 0.15) is 23.2 Å². The summed E-state index contributed by atoms with van der Waals surface area (Å²) in [5.41, 5.74) is 3.92. The molecular weight excluding hydrogens is 352 g/mol. The Hall–Kier alpha value is -2.94. The molecule has 1 aromatic carbocycles. The molecule has 0 saturated carbocycles. The smallest absolute Gasteiger partial charge is 0.216 e. The van der Waals surface area contributed by atoms with Gasteiger partial charge < -0.3 is 9.47 Å². The lowest BCUT2D eigenvalue weighted by molar-refractivity contribution is 0.354. The molecule has 1 aliphatic carbocycles. The molecule has 0 radical (unpaired) electrons. The number of ether oxygens (including phenoxy) is 2. The molecule has 9 heteroatoms. The summed E-state index contributed by atoms with van der Waals surface area (Å²) in [7, 11) is 3.19. The third-order valence-corrected chi connectivity index (χ3v) is 4.68. The highest BCUT2D eigenvalue weighted by Gasteiger charge is 2.23. The quantitative estimate of drug-likeness (QED) is 0.532. The summed E-state index contributed by atoms with van der Waals surface area (Å²) in [6.45, 7) is 0. The first-order valence-corrected chi connectivity index (χ1v) is 8.63. The van der Waals surface area contributed by atoms with Gasteiger partial charge in [0.1, 0.15) is 5.69 Å². The lowest BCUT2D eigenvalue weighted by Gasteiger charge is -2.09. The second-order valence-electron chi connectivity index (χ2n) is 5.87. The number of hydrogen-bond acceptors (Lipinski definition) is 6. The molecule has 2 aromatic heterocycles.